The topological polar surface area (TPSA) is 17.1 Å². The monoisotopic (exact) mass is 158 g/mol. The van der Waals surface area contributed by atoms with Crippen LogP contribution < -0.4 is 0 Å². The third-order valence-electron chi connectivity index (χ3n) is 1.91. The second-order valence-electron chi connectivity index (χ2n) is 2.81. The van der Waals surface area contributed by atoms with Gasteiger partial charge < -0.3 is 0 Å². The van der Waals surface area contributed by atoms with E-state index >= 15 is 0 Å². The average molecular weight is 158 g/mol. The second-order valence-corrected chi connectivity index (χ2v) is 2.81. The Bertz CT molecular complexity index is 87.0. The van der Waals surface area contributed by atoms with Crippen LogP contribution >= 0.6 is 0 Å². The van der Waals surface area contributed by atoms with E-state index < -0.39 is 0 Å². The van der Waals surface area contributed by atoms with Crippen molar-refractivity contribution in [2.24, 2.45) is 0 Å². The molecule has 0 heterocycles. The van der Waals surface area contributed by atoms with Gasteiger partial charge in [-0.1, -0.05) is 34.1 Å². The molecule has 1 heteroatoms. The van der Waals surface area contributed by atoms with Gasteiger partial charge in [-0.2, -0.15) is 0 Å². The summed E-state index contributed by atoms with van der Waals surface area (Å²) in [5.41, 5.74) is 0. The molecule has 1 aliphatic rings. The molecule has 0 bridgehead atoms. The molecule has 1 nitrogen and oxygen atoms in total. The Labute approximate surface area is 71.2 Å². The van der Waals surface area contributed by atoms with E-state index in [2.05, 4.69) is 0 Å². The fourth-order valence-electron chi connectivity index (χ4n) is 1.30. The summed E-state index contributed by atoms with van der Waals surface area (Å²) in [4.78, 5) is 10.8. The number of carbonyl (C=O) groups excluding carboxylic acids is 1. The highest BCUT2D eigenvalue weighted by molar-refractivity contribution is 5.78. The molecule has 0 aromatic heterocycles. The minimum Gasteiger partial charge on any atom is -0.300 e. The van der Waals surface area contributed by atoms with Crippen molar-refractivity contribution in [2.75, 3.05) is 0 Å². The van der Waals surface area contributed by atoms with E-state index in [1.165, 1.54) is 19.3 Å². The number of Topliss-reactive ketones (excluding diaryl/α,β-unsaturated/α-hetero) is 1. The minimum absolute atomic E-state index is 0. The number of carbonyl (C=O) groups is 1. The fourth-order valence-corrected chi connectivity index (χ4v) is 1.30. The van der Waals surface area contributed by atoms with Gasteiger partial charge in [-0.05, 0) is 12.8 Å². The molecule has 11 heavy (non-hydrogen) atoms. The zero-order valence-corrected chi connectivity index (χ0v) is 5.86. The van der Waals surface area contributed by atoms with Crippen molar-refractivity contribution in [2.45, 2.75) is 59.8 Å². The maximum atomic E-state index is 10.8. The molecule has 1 aliphatic carbocycles. The van der Waals surface area contributed by atoms with Gasteiger partial charge in [0.25, 0.3) is 0 Å². The molecule has 0 aliphatic heterocycles. The lowest BCUT2D eigenvalue weighted by molar-refractivity contribution is -0.119. The van der Waals surface area contributed by atoms with E-state index in [-0.39, 0.29) is 14.9 Å². The highest BCUT2D eigenvalue weighted by Gasteiger charge is 2.04. The van der Waals surface area contributed by atoms with Crippen LogP contribution in [0.4, 0.5) is 0 Å². The van der Waals surface area contributed by atoms with Gasteiger partial charge in [-0.15, -0.1) is 0 Å². The summed E-state index contributed by atoms with van der Waals surface area (Å²) in [6.07, 6.45) is 7.85. The maximum absolute atomic E-state index is 10.8. The molecule has 0 saturated heterocycles. The van der Waals surface area contributed by atoms with Crippen LogP contribution in [0.2, 0.25) is 0 Å². The Morgan fingerprint density at radius 1 is 0.727 bits per heavy atom. The van der Waals surface area contributed by atoms with Crippen LogP contribution in [0.15, 0.2) is 0 Å². The van der Waals surface area contributed by atoms with Crippen molar-refractivity contribution in [3.8, 4) is 0 Å². The zero-order chi connectivity index (χ0) is 6.53. The Morgan fingerprint density at radius 2 is 1.09 bits per heavy atom. The van der Waals surface area contributed by atoms with Gasteiger partial charge in [0.05, 0.1) is 0 Å². The maximum Gasteiger partial charge on any atom is 0.132 e. The molecule has 0 radical (unpaired) electrons. The SMILES string of the molecule is C.C.O=C1CCCCCCC1. The normalized spacial score (nSPS) is 18.7. The Hall–Kier alpha value is -0.330. The van der Waals surface area contributed by atoms with Crippen molar-refractivity contribution < 1.29 is 4.79 Å². The van der Waals surface area contributed by atoms with Crippen LogP contribution in [-0.2, 0) is 4.79 Å². The summed E-state index contributed by atoms with van der Waals surface area (Å²) in [6.45, 7) is 0. The number of hydrogen-bond acceptors (Lipinski definition) is 1. The molecule has 0 atom stereocenters. The van der Waals surface area contributed by atoms with Crippen molar-refractivity contribution in [1.82, 2.24) is 0 Å². The van der Waals surface area contributed by atoms with E-state index in [9.17, 15) is 4.79 Å². The first-order chi connectivity index (χ1) is 4.39. The molecule has 0 amide bonds. The standard InChI is InChI=1S/C8H14O.2CH4/c9-8-6-4-2-1-3-5-7-8;;/h1-7H2;2*1H4. The summed E-state index contributed by atoms with van der Waals surface area (Å²) >= 11 is 0. The minimum atomic E-state index is 0. The summed E-state index contributed by atoms with van der Waals surface area (Å²) in [5, 5.41) is 0. The van der Waals surface area contributed by atoms with Gasteiger partial charge in [0.2, 0.25) is 0 Å². The van der Waals surface area contributed by atoms with Gasteiger partial charge in [0.1, 0.15) is 5.78 Å². The van der Waals surface area contributed by atoms with Crippen LogP contribution in [0.25, 0.3) is 0 Å². The van der Waals surface area contributed by atoms with Gasteiger partial charge in [0.15, 0.2) is 0 Å². The predicted octanol–water partition coefficient (Wildman–Crippen LogP) is 3.57. The molecule has 0 N–H and O–H groups in total. The van der Waals surface area contributed by atoms with E-state index in [4.69, 9.17) is 0 Å². The van der Waals surface area contributed by atoms with E-state index in [1.807, 2.05) is 0 Å². The first kappa shape index (κ1) is 13.3. The number of hydrogen-bond donors (Lipinski definition) is 0. The molecule has 0 aromatic carbocycles. The molecule has 1 saturated carbocycles. The molecule has 0 unspecified atom stereocenters. The molecule has 0 spiro atoms. The summed E-state index contributed by atoms with van der Waals surface area (Å²) in [5.74, 6) is 0.481. The third-order valence-corrected chi connectivity index (χ3v) is 1.91. The fraction of sp³-hybridized carbons (Fsp3) is 0.900. The van der Waals surface area contributed by atoms with Crippen LogP contribution in [0.1, 0.15) is 59.8 Å². The first-order valence-electron chi connectivity index (χ1n) is 3.91. The molecular formula is C10H22O. The predicted molar refractivity (Wildman–Crippen MR) is 50.8 cm³/mol. The lowest BCUT2D eigenvalue weighted by Crippen LogP contribution is -2.00. The molecule has 0 aromatic rings. The van der Waals surface area contributed by atoms with E-state index in [0.717, 1.165) is 25.7 Å². The van der Waals surface area contributed by atoms with Crippen molar-refractivity contribution in [3.63, 3.8) is 0 Å². The molecular weight excluding hydrogens is 136 g/mol. The zero-order valence-electron chi connectivity index (χ0n) is 5.86. The average Bonchev–Trinajstić information content (AvgIpc) is 1.79. The quantitative estimate of drug-likeness (QED) is 0.526. The Kier molecular flexibility index (Phi) is 9.38. The molecule has 1 rings (SSSR count). The summed E-state index contributed by atoms with van der Waals surface area (Å²) in [7, 11) is 0. The van der Waals surface area contributed by atoms with Crippen LogP contribution in [0, 0.1) is 0 Å². The van der Waals surface area contributed by atoms with Crippen LogP contribution in [-0.4, -0.2) is 5.78 Å². The van der Waals surface area contributed by atoms with Crippen molar-refractivity contribution in [1.29, 1.82) is 0 Å². The van der Waals surface area contributed by atoms with Crippen molar-refractivity contribution >= 4 is 5.78 Å². The van der Waals surface area contributed by atoms with Gasteiger partial charge in [-0.3, -0.25) is 4.79 Å². The van der Waals surface area contributed by atoms with E-state index in [0.29, 0.717) is 5.78 Å². The van der Waals surface area contributed by atoms with Gasteiger partial charge in [-0.25, -0.2) is 0 Å². The van der Waals surface area contributed by atoms with Gasteiger partial charge >= 0.3 is 0 Å². The second kappa shape index (κ2) is 7.77. The Balaban J connectivity index is 0. The van der Waals surface area contributed by atoms with Crippen molar-refractivity contribution in [3.05, 3.63) is 0 Å². The van der Waals surface area contributed by atoms with Crippen LogP contribution in [0.3, 0.4) is 0 Å². The highest BCUT2D eigenvalue weighted by atomic mass is 16.1. The largest absolute Gasteiger partial charge is 0.300 e. The lowest BCUT2D eigenvalue weighted by atomic mass is 10.0. The first-order valence-corrected chi connectivity index (χ1v) is 3.91. The highest BCUT2D eigenvalue weighted by Crippen LogP contribution is 2.13. The van der Waals surface area contributed by atoms with E-state index in [1.54, 1.807) is 0 Å². The Morgan fingerprint density at radius 3 is 1.55 bits per heavy atom. The lowest BCUT2D eigenvalue weighted by Gasteiger charge is -2.05. The summed E-state index contributed by atoms with van der Waals surface area (Å²) in [6, 6.07) is 0. The third kappa shape index (κ3) is 6.08. The number of rotatable bonds is 0. The van der Waals surface area contributed by atoms with Crippen LogP contribution in [0.5, 0.6) is 0 Å². The smallest absolute Gasteiger partial charge is 0.132 e. The number of ketones is 1. The summed E-state index contributed by atoms with van der Waals surface area (Å²) < 4.78 is 0. The molecule has 1 fully saturated rings. The molecule has 68 valence electrons. The van der Waals surface area contributed by atoms with Gasteiger partial charge in [0, 0.05) is 12.8 Å².